The SMILES string of the molecule is O=C(NCc1ccccn1)[C@@H]1CCCN(C2CCN(Cc3cccc(O)c3)CC2)C1. The van der Waals surface area contributed by atoms with E-state index < -0.39 is 0 Å². The molecule has 3 heterocycles. The number of carbonyl (C=O) groups is 1. The van der Waals surface area contributed by atoms with E-state index in [4.69, 9.17) is 0 Å². The Labute approximate surface area is 178 Å². The van der Waals surface area contributed by atoms with Crippen LogP contribution in [0.5, 0.6) is 5.75 Å². The lowest BCUT2D eigenvalue weighted by molar-refractivity contribution is -0.127. The Balaban J connectivity index is 1.23. The lowest BCUT2D eigenvalue weighted by Crippen LogP contribution is -2.50. The van der Waals surface area contributed by atoms with Gasteiger partial charge in [0, 0.05) is 25.3 Å². The normalized spacial score (nSPS) is 21.4. The van der Waals surface area contributed by atoms with Crippen molar-refractivity contribution in [1.82, 2.24) is 20.1 Å². The van der Waals surface area contributed by atoms with E-state index in [1.807, 2.05) is 30.3 Å². The third-order valence-corrected chi connectivity index (χ3v) is 6.38. The number of piperidine rings is 2. The highest BCUT2D eigenvalue weighted by molar-refractivity contribution is 5.78. The number of benzene rings is 1. The first-order valence-corrected chi connectivity index (χ1v) is 11.1. The average Bonchev–Trinajstić information content (AvgIpc) is 2.79. The van der Waals surface area contributed by atoms with Gasteiger partial charge in [0.25, 0.3) is 0 Å². The maximum Gasteiger partial charge on any atom is 0.224 e. The number of hydrogen-bond donors (Lipinski definition) is 2. The van der Waals surface area contributed by atoms with Crippen LogP contribution >= 0.6 is 0 Å². The predicted octanol–water partition coefficient (Wildman–Crippen LogP) is 2.78. The first kappa shape index (κ1) is 20.8. The third-order valence-electron chi connectivity index (χ3n) is 6.38. The number of carbonyl (C=O) groups excluding carboxylic acids is 1. The Morgan fingerprint density at radius 2 is 1.97 bits per heavy atom. The molecule has 2 saturated heterocycles. The van der Waals surface area contributed by atoms with Gasteiger partial charge in [-0.2, -0.15) is 0 Å². The fourth-order valence-electron chi connectivity index (χ4n) is 4.73. The molecule has 0 spiro atoms. The van der Waals surface area contributed by atoms with E-state index >= 15 is 0 Å². The minimum Gasteiger partial charge on any atom is -0.508 e. The molecule has 1 amide bonds. The highest BCUT2D eigenvalue weighted by atomic mass is 16.3. The maximum atomic E-state index is 12.7. The summed E-state index contributed by atoms with van der Waals surface area (Å²) in [7, 11) is 0. The number of likely N-dealkylation sites (tertiary alicyclic amines) is 2. The highest BCUT2D eigenvalue weighted by Crippen LogP contribution is 2.25. The van der Waals surface area contributed by atoms with Crippen LogP contribution < -0.4 is 5.32 Å². The molecule has 2 N–H and O–H groups in total. The molecule has 4 rings (SSSR count). The second-order valence-electron chi connectivity index (χ2n) is 8.55. The smallest absolute Gasteiger partial charge is 0.224 e. The molecule has 160 valence electrons. The fraction of sp³-hybridized carbons (Fsp3) is 0.500. The molecule has 1 aromatic heterocycles. The van der Waals surface area contributed by atoms with Gasteiger partial charge in [0.1, 0.15) is 5.75 Å². The number of amides is 1. The molecule has 0 bridgehead atoms. The van der Waals surface area contributed by atoms with Crippen LogP contribution in [-0.4, -0.2) is 58.0 Å². The first-order valence-electron chi connectivity index (χ1n) is 11.1. The monoisotopic (exact) mass is 408 g/mol. The van der Waals surface area contributed by atoms with Crippen LogP contribution in [0.25, 0.3) is 0 Å². The van der Waals surface area contributed by atoms with Crippen LogP contribution in [0.1, 0.15) is 36.9 Å². The van der Waals surface area contributed by atoms with Gasteiger partial charge in [0.05, 0.1) is 18.2 Å². The number of pyridine rings is 1. The number of nitrogens with zero attached hydrogens (tertiary/aromatic N) is 3. The van der Waals surface area contributed by atoms with E-state index in [0.29, 0.717) is 18.3 Å². The van der Waals surface area contributed by atoms with Gasteiger partial charge in [0.2, 0.25) is 5.91 Å². The predicted molar refractivity (Wildman–Crippen MR) is 117 cm³/mol. The van der Waals surface area contributed by atoms with Gasteiger partial charge in [-0.3, -0.25) is 19.6 Å². The molecule has 6 heteroatoms. The van der Waals surface area contributed by atoms with Crippen molar-refractivity contribution in [2.45, 2.75) is 44.8 Å². The van der Waals surface area contributed by atoms with E-state index in [9.17, 15) is 9.90 Å². The molecule has 0 saturated carbocycles. The fourth-order valence-corrected chi connectivity index (χ4v) is 4.73. The molecule has 0 aliphatic carbocycles. The number of rotatable bonds is 6. The minimum atomic E-state index is 0.0767. The maximum absolute atomic E-state index is 12.7. The summed E-state index contributed by atoms with van der Waals surface area (Å²) in [6, 6.07) is 13.9. The number of aromatic nitrogens is 1. The van der Waals surface area contributed by atoms with Crippen molar-refractivity contribution in [3.63, 3.8) is 0 Å². The molecule has 2 aromatic rings. The van der Waals surface area contributed by atoms with Crippen molar-refractivity contribution in [3.8, 4) is 5.75 Å². The zero-order chi connectivity index (χ0) is 20.8. The van der Waals surface area contributed by atoms with Crippen molar-refractivity contribution in [2.75, 3.05) is 26.2 Å². The Morgan fingerprint density at radius 3 is 2.73 bits per heavy atom. The molecule has 1 aromatic carbocycles. The molecule has 2 aliphatic heterocycles. The molecule has 1 atom stereocenters. The minimum absolute atomic E-state index is 0.0767. The van der Waals surface area contributed by atoms with Gasteiger partial charge in [-0.05, 0) is 75.1 Å². The van der Waals surface area contributed by atoms with Crippen molar-refractivity contribution < 1.29 is 9.90 Å². The lowest BCUT2D eigenvalue weighted by Gasteiger charge is -2.42. The van der Waals surface area contributed by atoms with Gasteiger partial charge in [0.15, 0.2) is 0 Å². The standard InChI is InChI=1S/C24H32N4O2/c29-23-8-3-5-19(15-23)17-27-13-9-22(10-14-27)28-12-4-6-20(18-28)24(30)26-16-21-7-1-2-11-25-21/h1-3,5,7-8,11,15,20,22,29H,4,6,9-10,12-14,16-18H2,(H,26,30)/t20-/m1/s1. The summed E-state index contributed by atoms with van der Waals surface area (Å²) < 4.78 is 0. The highest BCUT2D eigenvalue weighted by Gasteiger charge is 2.31. The van der Waals surface area contributed by atoms with Gasteiger partial charge < -0.3 is 10.4 Å². The number of aromatic hydroxyl groups is 1. The summed E-state index contributed by atoms with van der Waals surface area (Å²) in [5, 5.41) is 12.7. The van der Waals surface area contributed by atoms with E-state index in [0.717, 1.165) is 69.7 Å². The van der Waals surface area contributed by atoms with Crippen LogP contribution in [0.3, 0.4) is 0 Å². The summed E-state index contributed by atoms with van der Waals surface area (Å²) in [4.78, 5) is 22.0. The van der Waals surface area contributed by atoms with Gasteiger partial charge >= 0.3 is 0 Å². The van der Waals surface area contributed by atoms with E-state index in [2.05, 4.69) is 26.2 Å². The largest absolute Gasteiger partial charge is 0.508 e. The number of phenolic OH excluding ortho intramolecular Hbond substituents is 1. The Hall–Kier alpha value is -2.44. The molecule has 2 fully saturated rings. The molecule has 0 radical (unpaired) electrons. The summed E-state index contributed by atoms with van der Waals surface area (Å²) >= 11 is 0. The summed E-state index contributed by atoms with van der Waals surface area (Å²) in [5.41, 5.74) is 2.06. The Morgan fingerprint density at radius 1 is 1.10 bits per heavy atom. The van der Waals surface area contributed by atoms with Crippen LogP contribution in [0.2, 0.25) is 0 Å². The topological polar surface area (TPSA) is 68.7 Å². The van der Waals surface area contributed by atoms with Gasteiger partial charge in [-0.1, -0.05) is 18.2 Å². The zero-order valence-electron chi connectivity index (χ0n) is 17.5. The average molecular weight is 409 g/mol. The number of phenols is 1. The van der Waals surface area contributed by atoms with Crippen LogP contribution in [0.4, 0.5) is 0 Å². The molecule has 0 unspecified atom stereocenters. The van der Waals surface area contributed by atoms with Crippen molar-refractivity contribution in [2.24, 2.45) is 5.92 Å². The summed E-state index contributed by atoms with van der Waals surface area (Å²) in [6.45, 7) is 5.48. The lowest BCUT2D eigenvalue weighted by atomic mass is 9.93. The van der Waals surface area contributed by atoms with Crippen molar-refractivity contribution >= 4 is 5.91 Å². The van der Waals surface area contributed by atoms with E-state index in [1.165, 1.54) is 0 Å². The molecule has 30 heavy (non-hydrogen) atoms. The molecular weight excluding hydrogens is 376 g/mol. The molecule has 6 nitrogen and oxygen atoms in total. The second kappa shape index (κ2) is 10.0. The Kier molecular flexibility index (Phi) is 6.97. The zero-order valence-corrected chi connectivity index (χ0v) is 17.5. The van der Waals surface area contributed by atoms with Crippen LogP contribution in [0, 0.1) is 5.92 Å². The second-order valence-corrected chi connectivity index (χ2v) is 8.55. The third kappa shape index (κ3) is 5.58. The Bertz CT molecular complexity index is 821. The molecular formula is C24H32N4O2. The summed E-state index contributed by atoms with van der Waals surface area (Å²) in [6.07, 6.45) is 6.10. The van der Waals surface area contributed by atoms with E-state index in [-0.39, 0.29) is 11.8 Å². The summed E-state index contributed by atoms with van der Waals surface area (Å²) in [5.74, 6) is 0.572. The van der Waals surface area contributed by atoms with Crippen LogP contribution in [-0.2, 0) is 17.9 Å². The first-order chi connectivity index (χ1) is 14.7. The van der Waals surface area contributed by atoms with Gasteiger partial charge in [-0.25, -0.2) is 0 Å². The van der Waals surface area contributed by atoms with Crippen LogP contribution in [0.15, 0.2) is 48.7 Å². The quantitative estimate of drug-likeness (QED) is 0.769. The number of nitrogens with one attached hydrogen (secondary N) is 1. The van der Waals surface area contributed by atoms with Gasteiger partial charge in [-0.15, -0.1) is 0 Å². The number of hydrogen-bond acceptors (Lipinski definition) is 5. The van der Waals surface area contributed by atoms with Crippen molar-refractivity contribution in [1.29, 1.82) is 0 Å². The van der Waals surface area contributed by atoms with E-state index in [1.54, 1.807) is 12.3 Å². The molecule has 2 aliphatic rings. The van der Waals surface area contributed by atoms with Crippen molar-refractivity contribution in [3.05, 3.63) is 59.9 Å².